The van der Waals surface area contributed by atoms with Gasteiger partial charge in [0.2, 0.25) is 11.8 Å². The lowest BCUT2D eigenvalue weighted by Gasteiger charge is -2.29. The number of aromatic amines is 2. The summed E-state index contributed by atoms with van der Waals surface area (Å²) >= 11 is 7.27. The predicted molar refractivity (Wildman–Crippen MR) is 219 cm³/mol. The number of benzene rings is 2. The summed E-state index contributed by atoms with van der Waals surface area (Å²) in [6.07, 6.45) is 1.85. The average molecular weight is 913 g/mol. The average Bonchev–Trinajstić information content (AvgIpc) is 4.02. The number of carbonyl (C=O) groups excluding carboxylic acids is 4. The molecule has 15 nitrogen and oxygen atoms in total. The van der Waals surface area contributed by atoms with Crippen molar-refractivity contribution in [3.8, 4) is 34.0 Å². The Kier molecular flexibility index (Phi) is 13.3. The van der Waals surface area contributed by atoms with Crippen LogP contribution < -0.4 is 15.4 Å². The van der Waals surface area contributed by atoms with Crippen molar-refractivity contribution in [3.63, 3.8) is 0 Å². The number of imidazole rings is 2. The van der Waals surface area contributed by atoms with Gasteiger partial charge in [-0.25, -0.2) is 19.6 Å². The minimum Gasteiger partial charge on any atom is -0.457 e. The summed E-state index contributed by atoms with van der Waals surface area (Å²) in [6.45, 7) is 8.68. The molecule has 4 amide bonds. The van der Waals surface area contributed by atoms with Gasteiger partial charge in [-0.15, -0.1) is 0 Å². The molecule has 4 aromatic rings. The lowest BCUT2D eigenvalue weighted by Crippen LogP contribution is -2.51. The van der Waals surface area contributed by atoms with E-state index in [1.54, 1.807) is 9.80 Å². The van der Waals surface area contributed by atoms with Crippen LogP contribution in [0.1, 0.15) is 77.1 Å². The smallest absolute Gasteiger partial charge is 0.407 e. The van der Waals surface area contributed by atoms with Crippen molar-refractivity contribution < 1.29 is 33.4 Å². The first-order chi connectivity index (χ1) is 27.3. The number of hydrogen-bond donors (Lipinski definition) is 4. The summed E-state index contributed by atoms with van der Waals surface area (Å²) in [5.74, 6) is 2.03. The second kappa shape index (κ2) is 18.1. The van der Waals surface area contributed by atoms with Gasteiger partial charge < -0.3 is 44.6 Å². The van der Waals surface area contributed by atoms with Crippen molar-refractivity contribution in [2.45, 2.75) is 77.5 Å². The molecule has 304 valence electrons. The number of methoxy groups -OCH3 is 2. The number of hydrogen-bond acceptors (Lipinski definition) is 9. The first-order valence-electron chi connectivity index (χ1n) is 19.0. The van der Waals surface area contributed by atoms with Gasteiger partial charge in [0.1, 0.15) is 55.8 Å². The van der Waals surface area contributed by atoms with Crippen LogP contribution in [-0.4, -0.2) is 93.1 Å². The third-order valence-electron chi connectivity index (χ3n) is 10.3. The zero-order valence-corrected chi connectivity index (χ0v) is 35.9. The third kappa shape index (κ3) is 9.30. The van der Waals surface area contributed by atoms with E-state index >= 15 is 0 Å². The summed E-state index contributed by atoms with van der Waals surface area (Å²) < 4.78 is 17.1. The van der Waals surface area contributed by atoms with Crippen molar-refractivity contribution in [2.24, 2.45) is 11.8 Å². The van der Waals surface area contributed by atoms with E-state index in [2.05, 4.69) is 52.5 Å². The van der Waals surface area contributed by atoms with Crippen molar-refractivity contribution in [3.05, 3.63) is 69.4 Å². The predicted octanol–water partition coefficient (Wildman–Crippen LogP) is 7.87. The van der Waals surface area contributed by atoms with E-state index in [4.69, 9.17) is 24.2 Å². The van der Waals surface area contributed by atoms with Crippen molar-refractivity contribution in [1.82, 2.24) is 40.4 Å². The molecule has 4 atom stereocenters. The number of aromatic nitrogens is 4. The molecule has 2 aromatic carbocycles. The van der Waals surface area contributed by atoms with E-state index in [0.717, 1.165) is 36.8 Å². The van der Waals surface area contributed by atoms with Crippen LogP contribution in [-0.2, 0) is 19.1 Å². The first kappa shape index (κ1) is 41.7. The quantitative estimate of drug-likeness (QED) is 0.110. The number of nitrogens with one attached hydrogen (secondary N) is 4. The maximum atomic E-state index is 13.6. The highest BCUT2D eigenvalue weighted by Crippen LogP contribution is 2.38. The molecular weight excluding hydrogens is 864 g/mol. The molecular formula is C40H48Br2N8O7. The molecule has 0 spiro atoms. The van der Waals surface area contributed by atoms with Crippen LogP contribution in [0.5, 0.6) is 11.5 Å². The lowest BCUT2D eigenvalue weighted by atomic mass is 10.0. The largest absolute Gasteiger partial charge is 0.457 e. The van der Waals surface area contributed by atoms with Crippen molar-refractivity contribution >= 4 is 55.9 Å². The summed E-state index contributed by atoms with van der Waals surface area (Å²) in [7, 11) is 2.56. The van der Waals surface area contributed by atoms with Crippen LogP contribution in [0.25, 0.3) is 22.5 Å². The number of ether oxygens (including phenoxy) is 3. The van der Waals surface area contributed by atoms with Gasteiger partial charge >= 0.3 is 12.2 Å². The normalized spacial score (nSPS) is 17.8. The lowest BCUT2D eigenvalue weighted by molar-refractivity contribution is -0.136. The van der Waals surface area contributed by atoms with Crippen LogP contribution in [0.2, 0.25) is 0 Å². The molecule has 0 aliphatic carbocycles. The van der Waals surface area contributed by atoms with E-state index in [-0.39, 0.29) is 35.7 Å². The van der Waals surface area contributed by atoms with Gasteiger partial charge in [-0.3, -0.25) is 9.59 Å². The number of rotatable bonds is 12. The summed E-state index contributed by atoms with van der Waals surface area (Å²) in [5.41, 5.74) is 3.13. The summed E-state index contributed by atoms with van der Waals surface area (Å²) in [5, 5.41) is 5.37. The van der Waals surface area contributed by atoms with Crippen LogP contribution >= 0.6 is 31.9 Å². The van der Waals surface area contributed by atoms with Crippen LogP contribution in [0.4, 0.5) is 9.59 Å². The van der Waals surface area contributed by atoms with Crippen molar-refractivity contribution in [2.75, 3.05) is 27.3 Å². The second-order valence-corrected chi connectivity index (χ2v) is 16.4. The van der Waals surface area contributed by atoms with Crippen LogP contribution in [0.3, 0.4) is 0 Å². The Balaban J connectivity index is 1.11. The Morgan fingerprint density at radius 3 is 1.37 bits per heavy atom. The molecule has 2 aliphatic heterocycles. The minimum atomic E-state index is -0.714. The zero-order chi connectivity index (χ0) is 41.0. The molecule has 17 heteroatoms. The van der Waals surface area contributed by atoms with Gasteiger partial charge in [-0.2, -0.15) is 0 Å². The Morgan fingerprint density at radius 1 is 0.667 bits per heavy atom. The highest BCUT2D eigenvalue weighted by molar-refractivity contribution is 9.10. The molecule has 0 bridgehead atoms. The molecule has 2 saturated heterocycles. The number of carbonyl (C=O) groups is 4. The molecule has 0 unspecified atom stereocenters. The number of halogens is 2. The molecule has 4 N–H and O–H groups in total. The van der Waals surface area contributed by atoms with Gasteiger partial charge in [-0.05, 0) is 118 Å². The van der Waals surface area contributed by atoms with E-state index in [0.29, 0.717) is 56.8 Å². The maximum absolute atomic E-state index is 13.6. The first-order valence-corrected chi connectivity index (χ1v) is 20.6. The van der Waals surface area contributed by atoms with E-state index in [1.165, 1.54) is 14.2 Å². The minimum absolute atomic E-state index is 0.126. The van der Waals surface area contributed by atoms with Crippen LogP contribution in [0, 0.1) is 11.8 Å². The van der Waals surface area contributed by atoms with Gasteiger partial charge in [0, 0.05) is 24.2 Å². The summed E-state index contributed by atoms with van der Waals surface area (Å²) in [4.78, 5) is 71.1. The van der Waals surface area contributed by atoms with Gasteiger partial charge in [0.05, 0.1) is 26.3 Å². The van der Waals surface area contributed by atoms with Gasteiger partial charge in [0.15, 0.2) is 0 Å². The van der Waals surface area contributed by atoms with E-state index < -0.39 is 24.3 Å². The molecule has 4 heterocycles. The molecule has 57 heavy (non-hydrogen) atoms. The fourth-order valence-corrected chi connectivity index (χ4v) is 8.36. The van der Waals surface area contributed by atoms with E-state index in [9.17, 15) is 19.2 Å². The Labute approximate surface area is 348 Å². The number of alkyl carbamates (subject to hydrolysis) is 2. The molecule has 0 radical (unpaired) electrons. The van der Waals surface area contributed by atoms with Crippen molar-refractivity contribution in [1.29, 1.82) is 0 Å². The Morgan fingerprint density at radius 2 is 1.04 bits per heavy atom. The highest BCUT2D eigenvalue weighted by atomic mass is 79.9. The molecule has 2 aromatic heterocycles. The SMILES string of the molecule is COC(=O)N[C@H](C(=O)N1CCC[C@H]1c1nc(-c2ccc(Oc3ccc(-c4nc([C@@H]5CCCN5C(=O)[C@@H](NC(=O)OC)C(C)C)[nH]c4Br)cc3)cc2)c(Br)[nH]1)C(C)C. The zero-order valence-electron chi connectivity index (χ0n) is 32.7. The fraction of sp³-hybridized carbons (Fsp3) is 0.450. The van der Waals surface area contributed by atoms with Gasteiger partial charge in [0.25, 0.3) is 0 Å². The standard InChI is InChI=1S/C40H48Br2N8O7/c1-21(2)29(45-39(53)55-5)37(51)49-19-7-9-27(49)35-43-31(33(41)47-35)23-11-15-25(16-12-23)57-26-17-13-24(14-18-26)32-34(42)48-36(44-32)28-10-8-20-50(28)38(52)30(22(3)4)46-40(54)56-6/h11-18,21-22,27-30H,7-10,19-20H2,1-6H3,(H,43,47)(H,44,48)(H,45,53)(H,46,54)/t27-,28-,29-,30-/m0/s1. The molecule has 0 saturated carbocycles. The Hall–Kier alpha value is -4.90. The molecule has 2 aliphatic rings. The number of nitrogens with zero attached hydrogens (tertiary/aromatic N) is 4. The maximum Gasteiger partial charge on any atom is 0.407 e. The number of likely N-dealkylation sites (tertiary alicyclic amines) is 2. The highest BCUT2D eigenvalue weighted by Gasteiger charge is 2.39. The van der Waals surface area contributed by atoms with Crippen LogP contribution in [0.15, 0.2) is 57.7 Å². The Bertz CT molecular complexity index is 1920. The second-order valence-electron chi connectivity index (χ2n) is 14.8. The van der Waals surface area contributed by atoms with Gasteiger partial charge in [-0.1, -0.05) is 27.7 Å². The fourth-order valence-electron chi connectivity index (χ4n) is 7.32. The van der Waals surface area contributed by atoms with E-state index in [1.807, 2.05) is 76.2 Å². The molecule has 2 fully saturated rings. The topological polar surface area (TPSA) is 184 Å². The number of H-pyrrole nitrogens is 2. The third-order valence-corrected chi connectivity index (χ3v) is 11.5. The number of amides is 4. The molecule has 6 rings (SSSR count). The summed E-state index contributed by atoms with van der Waals surface area (Å²) in [6, 6.07) is 13.2. The monoisotopic (exact) mass is 910 g/mol.